The molecule has 1 rings (SSSR count). The lowest BCUT2D eigenvalue weighted by molar-refractivity contribution is -0.145. The summed E-state index contributed by atoms with van der Waals surface area (Å²) in [6.45, 7) is 1.86. The van der Waals surface area contributed by atoms with Crippen molar-refractivity contribution >= 4 is 23.2 Å². The van der Waals surface area contributed by atoms with E-state index < -0.39 is 5.97 Å². The fourth-order valence-electron chi connectivity index (χ4n) is 1.13. The second kappa shape index (κ2) is 5.60. The predicted molar refractivity (Wildman–Crippen MR) is 60.2 cm³/mol. The molecule has 0 atom stereocenters. The van der Waals surface area contributed by atoms with E-state index in [2.05, 4.69) is 9.72 Å². The first-order chi connectivity index (χ1) is 7.52. The maximum absolute atomic E-state index is 11.7. The first-order valence-electron chi connectivity index (χ1n) is 4.74. The number of amides is 1. The Kier molecular flexibility index (Phi) is 4.42. The van der Waals surface area contributed by atoms with Gasteiger partial charge in [-0.05, 0) is 6.92 Å². The van der Waals surface area contributed by atoms with Crippen LogP contribution >= 0.6 is 11.3 Å². The van der Waals surface area contributed by atoms with E-state index >= 15 is 0 Å². The van der Waals surface area contributed by atoms with E-state index in [4.69, 9.17) is 0 Å². The van der Waals surface area contributed by atoms with E-state index in [9.17, 15) is 9.59 Å². The average molecular weight is 242 g/mol. The number of carbonyl (C=O) groups excluding carboxylic acids is 2. The number of thiazole rings is 1. The molecule has 1 heterocycles. The zero-order chi connectivity index (χ0) is 12.1. The van der Waals surface area contributed by atoms with Crippen molar-refractivity contribution in [1.29, 1.82) is 0 Å². The zero-order valence-electron chi connectivity index (χ0n) is 9.52. The van der Waals surface area contributed by atoms with Crippen LogP contribution in [0.3, 0.4) is 0 Å². The van der Waals surface area contributed by atoms with Crippen LogP contribution in [0.15, 0.2) is 5.38 Å². The van der Waals surface area contributed by atoms with Crippen molar-refractivity contribution in [3.63, 3.8) is 0 Å². The second-order valence-electron chi connectivity index (χ2n) is 3.36. The number of esters is 1. The van der Waals surface area contributed by atoms with Crippen LogP contribution < -0.4 is 0 Å². The molecule has 5 nitrogen and oxygen atoms in total. The lowest BCUT2D eigenvalue weighted by Crippen LogP contribution is -2.33. The van der Waals surface area contributed by atoms with Crippen molar-refractivity contribution in [1.82, 2.24) is 9.88 Å². The summed E-state index contributed by atoms with van der Waals surface area (Å²) in [6, 6.07) is 0. The van der Waals surface area contributed by atoms with Crippen molar-refractivity contribution in [3.05, 3.63) is 16.1 Å². The first kappa shape index (κ1) is 12.6. The Morgan fingerprint density at radius 3 is 2.75 bits per heavy atom. The van der Waals surface area contributed by atoms with Crippen LogP contribution in [-0.4, -0.2) is 42.5 Å². The lowest BCUT2D eigenvalue weighted by Gasteiger charge is -2.14. The lowest BCUT2D eigenvalue weighted by atomic mass is 10.3. The molecule has 0 N–H and O–H groups in total. The maximum Gasteiger partial charge on any atom is 0.325 e. The summed E-state index contributed by atoms with van der Waals surface area (Å²) in [5.74, 6) is -0.569. The molecule has 0 saturated carbocycles. The molecule has 0 unspecified atom stereocenters. The van der Waals surface area contributed by atoms with Gasteiger partial charge in [0.25, 0.3) is 0 Å². The summed E-state index contributed by atoms with van der Waals surface area (Å²) in [5, 5.41) is 2.78. The number of carbonyl (C=O) groups is 2. The molecule has 88 valence electrons. The molecule has 0 bridgehead atoms. The minimum absolute atomic E-state index is 0.0293. The van der Waals surface area contributed by atoms with E-state index in [-0.39, 0.29) is 18.9 Å². The predicted octanol–water partition coefficient (Wildman–Crippen LogP) is 0.625. The molecule has 1 amide bonds. The van der Waals surface area contributed by atoms with Gasteiger partial charge in [0.05, 0.1) is 24.2 Å². The number of hydrogen-bond donors (Lipinski definition) is 0. The summed E-state index contributed by atoms with van der Waals surface area (Å²) in [5.41, 5.74) is 0.740. The topological polar surface area (TPSA) is 59.5 Å². The van der Waals surface area contributed by atoms with Crippen molar-refractivity contribution in [2.45, 2.75) is 13.3 Å². The van der Waals surface area contributed by atoms with Gasteiger partial charge in [-0.25, -0.2) is 4.98 Å². The van der Waals surface area contributed by atoms with Gasteiger partial charge in [-0.3, -0.25) is 9.59 Å². The number of aromatic nitrogens is 1. The Balaban J connectivity index is 2.49. The number of nitrogens with zero attached hydrogens (tertiary/aromatic N) is 2. The third-order valence-electron chi connectivity index (χ3n) is 2.02. The molecular formula is C10H14N2O3S. The zero-order valence-corrected chi connectivity index (χ0v) is 10.3. The van der Waals surface area contributed by atoms with Crippen LogP contribution in [-0.2, 0) is 20.7 Å². The Hall–Kier alpha value is -1.43. The molecule has 1 aromatic rings. The summed E-state index contributed by atoms with van der Waals surface area (Å²) in [4.78, 5) is 28.1. The minimum atomic E-state index is -0.426. The van der Waals surface area contributed by atoms with Gasteiger partial charge in [-0.2, -0.15) is 0 Å². The highest BCUT2D eigenvalue weighted by molar-refractivity contribution is 7.09. The first-order valence-corrected chi connectivity index (χ1v) is 5.62. The maximum atomic E-state index is 11.7. The molecule has 0 fully saturated rings. The highest BCUT2D eigenvalue weighted by atomic mass is 32.1. The van der Waals surface area contributed by atoms with Crippen molar-refractivity contribution in [2.75, 3.05) is 20.7 Å². The van der Waals surface area contributed by atoms with Crippen molar-refractivity contribution in [2.24, 2.45) is 0 Å². The smallest absolute Gasteiger partial charge is 0.325 e. The normalized spacial score (nSPS) is 9.94. The molecule has 0 aliphatic rings. The minimum Gasteiger partial charge on any atom is -0.468 e. The molecule has 0 spiro atoms. The van der Waals surface area contributed by atoms with E-state index in [0.717, 1.165) is 10.7 Å². The van der Waals surface area contributed by atoms with Crippen LogP contribution in [0.5, 0.6) is 0 Å². The molecule has 16 heavy (non-hydrogen) atoms. The Morgan fingerprint density at radius 2 is 2.25 bits per heavy atom. The van der Waals surface area contributed by atoms with Crippen molar-refractivity contribution in [3.8, 4) is 0 Å². The third kappa shape index (κ3) is 3.62. The van der Waals surface area contributed by atoms with Gasteiger partial charge in [-0.15, -0.1) is 11.3 Å². The van der Waals surface area contributed by atoms with E-state index in [1.54, 1.807) is 7.05 Å². The van der Waals surface area contributed by atoms with Gasteiger partial charge in [0.15, 0.2) is 0 Å². The van der Waals surface area contributed by atoms with Gasteiger partial charge < -0.3 is 9.64 Å². The van der Waals surface area contributed by atoms with Gasteiger partial charge >= 0.3 is 5.97 Å². The molecule has 6 heteroatoms. The standard InChI is InChI=1S/C10H14N2O3S/c1-7-11-8(6-16-7)4-9(13)12(2)5-10(14)15-3/h6H,4-5H2,1-3H3. The van der Waals surface area contributed by atoms with E-state index in [1.807, 2.05) is 12.3 Å². The molecule has 0 aliphatic heterocycles. The molecular weight excluding hydrogens is 228 g/mol. The Labute approximate surface area is 98.0 Å². The number of methoxy groups -OCH3 is 1. The molecule has 0 aliphatic carbocycles. The second-order valence-corrected chi connectivity index (χ2v) is 4.42. The molecule has 0 radical (unpaired) electrons. The van der Waals surface area contributed by atoms with Crippen LogP contribution in [0.25, 0.3) is 0 Å². The van der Waals surface area contributed by atoms with Crippen LogP contribution in [0.4, 0.5) is 0 Å². The number of likely N-dealkylation sites (N-methyl/N-ethyl adjacent to an activating group) is 1. The van der Waals surface area contributed by atoms with Crippen molar-refractivity contribution < 1.29 is 14.3 Å². The summed E-state index contributed by atoms with van der Waals surface area (Å²) in [7, 11) is 2.86. The molecule has 0 saturated heterocycles. The van der Waals surface area contributed by atoms with Crippen LogP contribution in [0, 0.1) is 6.92 Å². The van der Waals surface area contributed by atoms with E-state index in [1.165, 1.54) is 23.3 Å². The summed E-state index contributed by atoms with van der Waals surface area (Å²) >= 11 is 1.50. The molecule has 0 aromatic carbocycles. The van der Waals surface area contributed by atoms with E-state index in [0.29, 0.717) is 0 Å². The monoisotopic (exact) mass is 242 g/mol. The van der Waals surface area contributed by atoms with Crippen LogP contribution in [0.2, 0.25) is 0 Å². The summed E-state index contributed by atoms with van der Waals surface area (Å²) in [6.07, 6.45) is 0.220. The van der Waals surface area contributed by atoms with Gasteiger partial charge in [0.1, 0.15) is 6.54 Å². The van der Waals surface area contributed by atoms with Crippen LogP contribution in [0.1, 0.15) is 10.7 Å². The van der Waals surface area contributed by atoms with Gasteiger partial charge in [0.2, 0.25) is 5.91 Å². The number of hydrogen-bond acceptors (Lipinski definition) is 5. The molecule has 1 aromatic heterocycles. The number of ether oxygens (including phenoxy) is 1. The number of rotatable bonds is 4. The fraction of sp³-hybridized carbons (Fsp3) is 0.500. The van der Waals surface area contributed by atoms with Gasteiger partial charge in [0, 0.05) is 12.4 Å². The quantitative estimate of drug-likeness (QED) is 0.726. The SMILES string of the molecule is COC(=O)CN(C)C(=O)Cc1csc(C)n1. The van der Waals surface area contributed by atoms with Gasteiger partial charge in [-0.1, -0.05) is 0 Å². The third-order valence-corrected chi connectivity index (χ3v) is 2.84. The average Bonchev–Trinajstić information content (AvgIpc) is 2.63. The largest absolute Gasteiger partial charge is 0.468 e. The highest BCUT2D eigenvalue weighted by Crippen LogP contribution is 2.09. The Bertz CT molecular complexity index is 389. The fourth-order valence-corrected chi connectivity index (χ4v) is 1.74. The summed E-state index contributed by atoms with van der Waals surface area (Å²) < 4.78 is 4.48. The Morgan fingerprint density at radius 1 is 1.56 bits per heavy atom. The number of aryl methyl sites for hydroxylation is 1. The highest BCUT2D eigenvalue weighted by Gasteiger charge is 2.14.